The fraction of sp³-hybridized carbons (Fsp3) is 0.308. The largest absolute Gasteiger partial charge is 0.481 e. The van der Waals surface area contributed by atoms with E-state index in [0.717, 1.165) is 4.47 Å². The van der Waals surface area contributed by atoms with Gasteiger partial charge < -0.3 is 14.0 Å². The standard InChI is InChI=1S/C13H15BrN4O3/c1-4-18-7-8(14)5-9(18)12(19)17-13-15-10(20-2)6-11(16-13)21-3/h5-7H,4H2,1-3H3,(H,15,16,17,19). The van der Waals surface area contributed by atoms with E-state index in [0.29, 0.717) is 24.0 Å². The Hall–Kier alpha value is -2.09. The van der Waals surface area contributed by atoms with Gasteiger partial charge in [-0.25, -0.2) is 0 Å². The van der Waals surface area contributed by atoms with Crippen LogP contribution in [0.25, 0.3) is 0 Å². The normalized spacial score (nSPS) is 10.3. The summed E-state index contributed by atoms with van der Waals surface area (Å²) in [5.74, 6) is 0.433. The Morgan fingerprint density at radius 2 is 1.90 bits per heavy atom. The number of anilines is 1. The summed E-state index contributed by atoms with van der Waals surface area (Å²) in [4.78, 5) is 20.4. The number of nitrogens with one attached hydrogen (secondary N) is 1. The first-order valence-corrected chi connectivity index (χ1v) is 7.00. The van der Waals surface area contributed by atoms with Crippen molar-refractivity contribution in [3.63, 3.8) is 0 Å². The molecule has 112 valence electrons. The molecule has 1 N–H and O–H groups in total. The summed E-state index contributed by atoms with van der Waals surface area (Å²) in [6.45, 7) is 2.63. The van der Waals surface area contributed by atoms with Gasteiger partial charge in [-0.1, -0.05) is 0 Å². The molecule has 0 spiro atoms. The quantitative estimate of drug-likeness (QED) is 0.891. The number of amides is 1. The van der Waals surface area contributed by atoms with E-state index in [1.54, 1.807) is 6.07 Å². The Kier molecular flexibility index (Phi) is 4.79. The van der Waals surface area contributed by atoms with Crippen molar-refractivity contribution < 1.29 is 14.3 Å². The molecule has 0 saturated heterocycles. The molecule has 0 aliphatic rings. The monoisotopic (exact) mass is 354 g/mol. The summed E-state index contributed by atoms with van der Waals surface area (Å²) in [5, 5.41) is 2.63. The molecule has 2 aromatic rings. The van der Waals surface area contributed by atoms with Crippen LogP contribution < -0.4 is 14.8 Å². The summed E-state index contributed by atoms with van der Waals surface area (Å²) in [7, 11) is 2.96. The molecule has 1 amide bonds. The van der Waals surface area contributed by atoms with Gasteiger partial charge in [-0.05, 0) is 28.9 Å². The number of ether oxygens (including phenoxy) is 2. The number of halogens is 1. The van der Waals surface area contributed by atoms with Crippen LogP contribution in [0.3, 0.4) is 0 Å². The van der Waals surface area contributed by atoms with Gasteiger partial charge in [0.2, 0.25) is 17.7 Å². The van der Waals surface area contributed by atoms with Gasteiger partial charge in [0.25, 0.3) is 5.91 Å². The zero-order valence-electron chi connectivity index (χ0n) is 11.9. The average molecular weight is 355 g/mol. The van der Waals surface area contributed by atoms with Crippen molar-refractivity contribution in [2.45, 2.75) is 13.5 Å². The number of aryl methyl sites for hydroxylation is 1. The summed E-state index contributed by atoms with van der Waals surface area (Å²) in [6, 6.07) is 3.26. The number of carbonyl (C=O) groups excluding carboxylic acids is 1. The Balaban J connectivity index is 2.26. The molecular formula is C13H15BrN4O3. The average Bonchev–Trinajstić information content (AvgIpc) is 2.87. The van der Waals surface area contributed by atoms with Crippen molar-refractivity contribution in [3.05, 3.63) is 28.5 Å². The van der Waals surface area contributed by atoms with Gasteiger partial charge in [0.1, 0.15) is 5.69 Å². The van der Waals surface area contributed by atoms with Crippen molar-refractivity contribution >= 4 is 27.8 Å². The third kappa shape index (κ3) is 3.52. The number of rotatable bonds is 5. The van der Waals surface area contributed by atoms with Crippen LogP contribution in [-0.4, -0.2) is 34.7 Å². The van der Waals surface area contributed by atoms with Gasteiger partial charge in [-0.15, -0.1) is 0 Å². The Bertz CT molecular complexity index is 635. The zero-order valence-corrected chi connectivity index (χ0v) is 13.5. The summed E-state index contributed by atoms with van der Waals surface area (Å²) in [5.41, 5.74) is 0.509. The molecule has 8 heteroatoms. The van der Waals surface area contributed by atoms with E-state index in [1.807, 2.05) is 17.7 Å². The number of nitrogens with zero attached hydrogens (tertiary/aromatic N) is 3. The lowest BCUT2D eigenvalue weighted by atomic mass is 10.4. The molecule has 0 atom stereocenters. The van der Waals surface area contributed by atoms with Crippen LogP contribution >= 0.6 is 15.9 Å². The van der Waals surface area contributed by atoms with Crippen LogP contribution in [0.4, 0.5) is 5.95 Å². The van der Waals surface area contributed by atoms with Gasteiger partial charge in [0, 0.05) is 17.2 Å². The second-order valence-corrected chi connectivity index (χ2v) is 4.98. The summed E-state index contributed by atoms with van der Waals surface area (Å²) >= 11 is 3.35. The first-order chi connectivity index (χ1) is 10.1. The van der Waals surface area contributed by atoms with Crippen molar-refractivity contribution in [2.75, 3.05) is 19.5 Å². The fourth-order valence-corrected chi connectivity index (χ4v) is 2.23. The van der Waals surface area contributed by atoms with Gasteiger partial charge >= 0.3 is 0 Å². The van der Waals surface area contributed by atoms with E-state index in [2.05, 4.69) is 31.2 Å². The van der Waals surface area contributed by atoms with Crippen LogP contribution in [0.5, 0.6) is 11.8 Å². The predicted octanol–water partition coefficient (Wildman–Crippen LogP) is 2.33. The number of hydrogen-bond donors (Lipinski definition) is 1. The lowest BCUT2D eigenvalue weighted by Crippen LogP contribution is -2.18. The molecule has 2 aromatic heterocycles. The molecule has 0 saturated carbocycles. The molecule has 0 aliphatic heterocycles. The number of hydrogen-bond acceptors (Lipinski definition) is 5. The molecule has 0 fully saturated rings. The van der Waals surface area contributed by atoms with Gasteiger partial charge in [0.05, 0.1) is 20.3 Å². The van der Waals surface area contributed by atoms with E-state index in [9.17, 15) is 4.79 Å². The minimum Gasteiger partial charge on any atom is -0.481 e. The van der Waals surface area contributed by atoms with Crippen LogP contribution in [0, 0.1) is 0 Å². The SMILES string of the molecule is CCn1cc(Br)cc1C(=O)Nc1nc(OC)cc(OC)n1. The maximum absolute atomic E-state index is 12.3. The Morgan fingerprint density at radius 3 is 2.43 bits per heavy atom. The molecule has 21 heavy (non-hydrogen) atoms. The minimum absolute atomic E-state index is 0.121. The van der Waals surface area contributed by atoms with E-state index < -0.39 is 0 Å². The number of carbonyl (C=O) groups is 1. The number of aromatic nitrogens is 3. The van der Waals surface area contributed by atoms with Crippen molar-refractivity contribution in [1.82, 2.24) is 14.5 Å². The highest BCUT2D eigenvalue weighted by Gasteiger charge is 2.15. The maximum Gasteiger partial charge on any atom is 0.274 e. The molecule has 0 radical (unpaired) electrons. The highest BCUT2D eigenvalue weighted by atomic mass is 79.9. The topological polar surface area (TPSA) is 78.3 Å². The molecule has 0 unspecified atom stereocenters. The van der Waals surface area contributed by atoms with Crippen LogP contribution in [0.2, 0.25) is 0 Å². The molecule has 0 aromatic carbocycles. The second kappa shape index (κ2) is 6.57. The van der Waals surface area contributed by atoms with E-state index in [4.69, 9.17) is 9.47 Å². The van der Waals surface area contributed by atoms with Gasteiger partial charge in [0.15, 0.2) is 0 Å². The highest BCUT2D eigenvalue weighted by molar-refractivity contribution is 9.10. The van der Waals surface area contributed by atoms with Crippen molar-refractivity contribution in [3.8, 4) is 11.8 Å². The lowest BCUT2D eigenvalue weighted by molar-refractivity contribution is 0.101. The van der Waals surface area contributed by atoms with E-state index in [1.165, 1.54) is 20.3 Å². The number of methoxy groups -OCH3 is 2. The zero-order chi connectivity index (χ0) is 15.4. The first kappa shape index (κ1) is 15.3. The van der Waals surface area contributed by atoms with Crippen molar-refractivity contribution in [2.24, 2.45) is 0 Å². The van der Waals surface area contributed by atoms with Crippen LogP contribution in [-0.2, 0) is 6.54 Å². The van der Waals surface area contributed by atoms with Crippen LogP contribution in [0.1, 0.15) is 17.4 Å². The molecule has 0 aliphatic carbocycles. The fourth-order valence-electron chi connectivity index (χ4n) is 1.76. The smallest absolute Gasteiger partial charge is 0.274 e. The minimum atomic E-state index is -0.308. The molecule has 2 heterocycles. The summed E-state index contributed by atoms with van der Waals surface area (Å²) < 4.78 is 12.7. The molecule has 2 rings (SSSR count). The van der Waals surface area contributed by atoms with Crippen LogP contribution in [0.15, 0.2) is 22.8 Å². The third-order valence-electron chi connectivity index (χ3n) is 2.76. The maximum atomic E-state index is 12.3. The lowest BCUT2D eigenvalue weighted by Gasteiger charge is -2.08. The van der Waals surface area contributed by atoms with Gasteiger partial charge in [-0.3, -0.25) is 10.1 Å². The Morgan fingerprint density at radius 1 is 1.29 bits per heavy atom. The highest BCUT2D eigenvalue weighted by Crippen LogP contribution is 2.19. The van der Waals surface area contributed by atoms with Gasteiger partial charge in [-0.2, -0.15) is 9.97 Å². The third-order valence-corrected chi connectivity index (χ3v) is 3.19. The first-order valence-electron chi connectivity index (χ1n) is 6.21. The van der Waals surface area contributed by atoms with E-state index in [-0.39, 0.29) is 11.9 Å². The molecular weight excluding hydrogens is 340 g/mol. The molecule has 0 bridgehead atoms. The second-order valence-electron chi connectivity index (χ2n) is 4.06. The van der Waals surface area contributed by atoms with E-state index >= 15 is 0 Å². The molecule has 7 nitrogen and oxygen atoms in total. The predicted molar refractivity (Wildman–Crippen MR) is 80.9 cm³/mol. The van der Waals surface area contributed by atoms with Crippen molar-refractivity contribution in [1.29, 1.82) is 0 Å². The Labute approximate surface area is 130 Å². The summed E-state index contributed by atoms with van der Waals surface area (Å²) in [6.07, 6.45) is 1.84.